The molecule has 1 fully saturated rings. The summed E-state index contributed by atoms with van der Waals surface area (Å²) >= 11 is 0. The van der Waals surface area contributed by atoms with Crippen LogP contribution in [0.3, 0.4) is 0 Å². The predicted molar refractivity (Wildman–Crippen MR) is 100 cm³/mol. The molecule has 1 atom stereocenters. The van der Waals surface area contributed by atoms with Crippen LogP contribution in [-0.4, -0.2) is 78.9 Å². The maximum atomic E-state index is 15.1. The summed E-state index contributed by atoms with van der Waals surface area (Å²) in [4.78, 5) is 28.1. The van der Waals surface area contributed by atoms with Crippen molar-refractivity contribution in [1.82, 2.24) is 9.58 Å². The predicted octanol–water partition coefficient (Wildman–Crippen LogP) is -0.131. The van der Waals surface area contributed by atoms with Crippen LogP contribution in [0, 0.1) is 5.82 Å². The van der Waals surface area contributed by atoms with E-state index in [1.54, 1.807) is 7.05 Å². The molecule has 0 bridgehead atoms. The molecule has 1 unspecified atom stereocenters. The van der Waals surface area contributed by atoms with Crippen LogP contribution >= 0.6 is 0 Å². The van der Waals surface area contributed by atoms with E-state index in [-0.39, 0.29) is 22.3 Å². The lowest BCUT2D eigenvalue weighted by Crippen LogP contribution is -2.51. The van der Waals surface area contributed by atoms with E-state index < -0.39 is 35.6 Å². The number of likely N-dealkylation sites (N-methyl/N-ethyl adjacent to an activating group) is 2. The molecule has 3 heterocycles. The van der Waals surface area contributed by atoms with Gasteiger partial charge in [0, 0.05) is 39.4 Å². The number of pyridine rings is 1. The van der Waals surface area contributed by atoms with Crippen molar-refractivity contribution < 1.29 is 24.1 Å². The molecule has 1 aromatic heterocycles. The molecule has 150 valence electrons. The first-order valence-electron chi connectivity index (χ1n) is 8.92. The number of anilines is 1. The Morgan fingerprint density at radius 1 is 1.29 bits per heavy atom. The van der Waals surface area contributed by atoms with Gasteiger partial charge in [-0.05, 0) is 13.1 Å². The van der Waals surface area contributed by atoms with Gasteiger partial charge in [0.25, 0.3) is 0 Å². The Morgan fingerprint density at radius 2 is 1.96 bits per heavy atom. The van der Waals surface area contributed by atoms with Crippen molar-refractivity contribution in [3.63, 3.8) is 0 Å². The topological polar surface area (TPSA) is 98.5 Å². The molecule has 28 heavy (non-hydrogen) atoms. The van der Waals surface area contributed by atoms with Crippen molar-refractivity contribution >= 4 is 22.6 Å². The first-order valence-corrected chi connectivity index (χ1v) is 8.92. The van der Waals surface area contributed by atoms with Crippen LogP contribution in [0.2, 0.25) is 0 Å². The van der Waals surface area contributed by atoms with E-state index in [4.69, 9.17) is 4.74 Å². The molecule has 4 rings (SSSR count). The lowest BCUT2D eigenvalue weighted by molar-refractivity contribution is 0.0692. The summed E-state index contributed by atoms with van der Waals surface area (Å²) in [5.41, 5.74) is -0.736. The molecule has 0 amide bonds. The molecule has 0 saturated carbocycles. The van der Waals surface area contributed by atoms with E-state index in [1.807, 2.05) is 11.9 Å². The van der Waals surface area contributed by atoms with Gasteiger partial charge in [0.1, 0.15) is 23.4 Å². The quantitative estimate of drug-likeness (QED) is 0.746. The van der Waals surface area contributed by atoms with Crippen molar-refractivity contribution in [1.29, 1.82) is 0 Å². The van der Waals surface area contributed by atoms with E-state index in [1.165, 1.54) is 15.9 Å². The number of hydrogen-bond donors (Lipinski definition) is 2. The summed E-state index contributed by atoms with van der Waals surface area (Å²) in [6.45, 7) is 2.24. The highest BCUT2D eigenvalue weighted by molar-refractivity contribution is 5.97. The van der Waals surface area contributed by atoms with E-state index in [2.05, 4.69) is 4.90 Å². The third-order valence-electron chi connectivity index (χ3n) is 5.37. The number of piperazine rings is 1. The third kappa shape index (κ3) is 2.68. The molecule has 0 spiro atoms. The van der Waals surface area contributed by atoms with E-state index >= 15 is 4.39 Å². The van der Waals surface area contributed by atoms with Crippen LogP contribution in [-0.2, 0) is 0 Å². The molecule has 0 radical (unpaired) electrons. The Kier molecular flexibility index (Phi) is 4.39. The average molecular weight is 392 g/mol. The molecule has 2 N–H and O–H groups in total. The lowest BCUT2D eigenvalue weighted by Gasteiger charge is -2.40. The maximum absolute atomic E-state index is 15.1. The van der Waals surface area contributed by atoms with E-state index in [0.717, 1.165) is 19.2 Å². The van der Waals surface area contributed by atoms with Gasteiger partial charge in [0.2, 0.25) is 11.7 Å². The van der Waals surface area contributed by atoms with Crippen molar-refractivity contribution in [2.75, 3.05) is 56.8 Å². The van der Waals surface area contributed by atoms with Crippen LogP contribution < -0.4 is 20.1 Å². The summed E-state index contributed by atoms with van der Waals surface area (Å²) < 4.78 is 22.5. The monoisotopic (exact) mass is 392 g/mol. The molecular formula is C18H21FN4O5. The summed E-state index contributed by atoms with van der Waals surface area (Å²) in [5, 5.41) is 20.5. The largest absolute Gasteiger partial charge is 0.477 e. The number of aliphatic hydroxyl groups is 1. The minimum absolute atomic E-state index is 0.0754. The van der Waals surface area contributed by atoms with Gasteiger partial charge in [-0.15, -0.1) is 0 Å². The number of hydrogen-bond acceptors (Lipinski definition) is 7. The molecule has 10 heteroatoms. The zero-order valence-electron chi connectivity index (χ0n) is 15.6. The van der Waals surface area contributed by atoms with Crippen molar-refractivity contribution in [2.24, 2.45) is 0 Å². The number of ether oxygens (including phenoxy) is 1. The minimum Gasteiger partial charge on any atom is -0.477 e. The molecule has 1 saturated heterocycles. The fraction of sp³-hybridized carbons (Fsp3) is 0.444. The second-order valence-electron chi connectivity index (χ2n) is 7.07. The van der Waals surface area contributed by atoms with E-state index in [9.17, 15) is 19.8 Å². The van der Waals surface area contributed by atoms with Crippen LogP contribution in [0.5, 0.6) is 5.75 Å². The Morgan fingerprint density at radius 3 is 2.57 bits per heavy atom. The van der Waals surface area contributed by atoms with Crippen molar-refractivity contribution in [2.45, 2.75) is 6.23 Å². The number of carboxylic acid groups (broad SMARTS) is 1. The number of nitrogens with zero attached hydrogens (tertiary/aromatic N) is 4. The summed E-state index contributed by atoms with van der Waals surface area (Å²) in [6, 6.07) is 1.08. The van der Waals surface area contributed by atoms with Gasteiger partial charge < -0.3 is 24.7 Å². The van der Waals surface area contributed by atoms with Gasteiger partial charge in [-0.25, -0.2) is 9.18 Å². The lowest BCUT2D eigenvalue weighted by atomic mass is 10.1. The number of rotatable bonds is 3. The number of benzene rings is 1. The molecule has 1 aromatic carbocycles. The number of carboxylic acids is 1. The van der Waals surface area contributed by atoms with Gasteiger partial charge in [0.05, 0.1) is 5.39 Å². The van der Waals surface area contributed by atoms with Gasteiger partial charge in [-0.2, -0.15) is 0 Å². The third-order valence-corrected chi connectivity index (χ3v) is 5.37. The van der Waals surface area contributed by atoms with Crippen LogP contribution in [0.15, 0.2) is 17.1 Å². The maximum Gasteiger partial charge on any atom is 0.341 e. The van der Waals surface area contributed by atoms with Gasteiger partial charge in [-0.1, -0.05) is 0 Å². The Balaban J connectivity index is 2.02. The summed E-state index contributed by atoms with van der Waals surface area (Å²) in [5.74, 6) is -1.91. The molecule has 9 nitrogen and oxygen atoms in total. The first-order chi connectivity index (χ1) is 13.3. The standard InChI is InChI=1S/C18H21FN4O5/c1-20-3-5-22(6-4-20)15-12(19)7-10-14-17(15)28-13(9-24)21(2)23(14)8-11(16(10)25)18(26)27/h7-8,13,24H,3-6,9H2,1-2H3,(H,26,27). The normalized spacial score (nSPS) is 19.8. The summed E-state index contributed by atoms with van der Waals surface area (Å²) in [6.07, 6.45) is 0.334. The van der Waals surface area contributed by atoms with E-state index in [0.29, 0.717) is 13.1 Å². The van der Waals surface area contributed by atoms with Crippen LogP contribution in [0.25, 0.3) is 10.9 Å². The molecule has 2 aliphatic rings. The molecule has 0 aliphatic carbocycles. The molecule has 2 aromatic rings. The second kappa shape index (κ2) is 6.64. The number of aliphatic hydroxyl groups excluding tert-OH is 1. The van der Waals surface area contributed by atoms with Crippen LogP contribution in [0.4, 0.5) is 10.1 Å². The smallest absolute Gasteiger partial charge is 0.341 e. The van der Waals surface area contributed by atoms with Crippen LogP contribution in [0.1, 0.15) is 10.4 Å². The summed E-state index contributed by atoms with van der Waals surface area (Å²) in [7, 11) is 3.58. The minimum atomic E-state index is -1.40. The average Bonchev–Trinajstić information content (AvgIpc) is 2.66. The SMILES string of the molecule is CN1CCN(c2c(F)cc3c(=O)c(C(=O)O)cn4c3c2OC(CO)N4C)CC1. The number of carbonyl (C=O) groups is 1. The Bertz CT molecular complexity index is 1020. The van der Waals surface area contributed by atoms with Gasteiger partial charge in [-0.3, -0.25) is 14.5 Å². The van der Waals surface area contributed by atoms with Crippen molar-refractivity contribution in [3.8, 4) is 5.75 Å². The number of aromatic carboxylic acids is 1. The number of aromatic nitrogens is 1. The Hall–Kier alpha value is -2.85. The fourth-order valence-corrected chi connectivity index (χ4v) is 3.74. The zero-order valence-corrected chi connectivity index (χ0v) is 15.6. The second-order valence-corrected chi connectivity index (χ2v) is 7.07. The molecular weight excluding hydrogens is 371 g/mol. The Labute approximate surface area is 159 Å². The zero-order chi connectivity index (χ0) is 20.2. The van der Waals surface area contributed by atoms with Gasteiger partial charge in [0.15, 0.2) is 11.6 Å². The first kappa shape index (κ1) is 18.5. The van der Waals surface area contributed by atoms with Crippen molar-refractivity contribution in [3.05, 3.63) is 33.9 Å². The highest BCUT2D eigenvalue weighted by Crippen LogP contribution is 2.41. The number of halogens is 1. The highest BCUT2D eigenvalue weighted by atomic mass is 19.1. The van der Waals surface area contributed by atoms with Gasteiger partial charge >= 0.3 is 5.97 Å². The highest BCUT2D eigenvalue weighted by Gasteiger charge is 2.34. The fourth-order valence-electron chi connectivity index (χ4n) is 3.74. The molecule has 2 aliphatic heterocycles.